The van der Waals surface area contributed by atoms with Crippen LogP contribution in [0.2, 0.25) is 0 Å². The van der Waals surface area contributed by atoms with Gasteiger partial charge < -0.3 is 0 Å². The number of rotatable bonds is 1. The molecule has 0 fully saturated rings. The van der Waals surface area contributed by atoms with E-state index in [0.29, 0.717) is 0 Å². The minimum atomic E-state index is 1.30. The summed E-state index contributed by atoms with van der Waals surface area (Å²) in [6, 6.07) is 21.9. The fourth-order valence-corrected chi connectivity index (χ4v) is 2.92. The standard InChI is InChI=1S/C19H14/c1-13-8-10-14(11-9-13)18-12-16-6-2-4-15-5-3-7-17(18)19(15)16/h2-12H,1H3. The maximum Gasteiger partial charge on any atom is -0.00324 e. The van der Waals surface area contributed by atoms with Crippen molar-refractivity contribution in [3.8, 4) is 0 Å². The van der Waals surface area contributed by atoms with Gasteiger partial charge in [-0.2, -0.15) is 0 Å². The largest absolute Gasteiger partial charge is 0.0610 e. The summed E-state index contributed by atoms with van der Waals surface area (Å²) in [5, 5.41) is 2.72. The molecule has 3 aromatic carbocycles. The molecule has 0 saturated heterocycles. The summed E-state index contributed by atoms with van der Waals surface area (Å²) in [7, 11) is 0. The molecule has 0 spiro atoms. The molecule has 0 N–H and O–H groups in total. The summed E-state index contributed by atoms with van der Waals surface area (Å²) in [5.41, 5.74) is 6.64. The van der Waals surface area contributed by atoms with E-state index in [4.69, 9.17) is 0 Å². The molecule has 4 rings (SSSR count). The molecule has 90 valence electrons. The van der Waals surface area contributed by atoms with Gasteiger partial charge in [0.05, 0.1) is 0 Å². The van der Waals surface area contributed by atoms with Crippen LogP contribution < -0.4 is 0 Å². The van der Waals surface area contributed by atoms with Crippen LogP contribution in [0.25, 0.3) is 22.4 Å². The average molecular weight is 242 g/mol. The summed E-state index contributed by atoms with van der Waals surface area (Å²) in [5.74, 6) is 0. The van der Waals surface area contributed by atoms with Crippen LogP contribution in [0.15, 0.2) is 60.7 Å². The van der Waals surface area contributed by atoms with Crippen LogP contribution in [0.3, 0.4) is 0 Å². The Morgan fingerprint density at radius 3 is 2.26 bits per heavy atom. The number of hydrogen-bond acceptors (Lipinski definition) is 0. The van der Waals surface area contributed by atoms with E-state index in [1.54, 1.807) is 0 Å². The summed E-state index contributed by atoms with van der Waals surface area (Å²) in [6.45, 7) is 2.13. The lowest BCUT2D eigenvalue weighted by molar-refractivity contribution is 1.45. The molecule has 0 aromatic heterocycles. The first-order chi connectivity index (χ1) is 9.33. The molecule has 0 aliphatic heterocycles. The van der Waals surface area contributed by atoms with Crippen LogP contribution in [0.5, 0.6) is 0 Å². The first-order valence-electron chi connectivity index (χ1n) is 6.64. The van der Waals surface area contributed by atoms with Gasteiger partial charge in [0.2, 0.25) is 0 Å². The zero-order valence-corrected chi connectivity index (χ0v) is 10.9. The van der Waals surface area contributed by atoms with Gasteiger partial charge in [-0.1, -0.05) is 66.2 Å². The minimum Gasteiger partial charge on any atom is -0.0610 e. The highest BCUT2D eigenvalue weighted by atomic mass is 14.2. The van der Waals surface area contributed by atoms with Gasteiger partial charge in [-0.15, -0.1) is 0 Å². The van der Waals surface area contributed by atoms with Crippen molar-refractivity contribution in [3.05, 3.63) is 82.9 Å². The molecular weight excluding hydrogens is 228 g/mol. The third-order valence-corrected chi connectivity index (χ3v) is 3.89. The Kier molecular flexibility index (Phi) is 2.13. The van der Waals surface area contributed by atoms with Crippen molar-refractivity contribution < 1.29 is 0 Å². The molecule has 0 nitrogen and oxygen atoms in total. The van der Waals surface area contributed by atoms with Crippen molar-refractivity contribution in [1.82, 2.24) is 0 Å². The highest BCUT2D eigenvalue weighted by molar-refractivity contribution is 6.12. The monoisotopic (exact) mass is 242 g/mol. The topological polar surface area (TPSA) is 0 Å². The molecule has 0 atom stereocenters. The Hall–Kier alpha value is -2.34. The first-order valence-corrected chi connectivity index (χ1v) is 6.64. The lowest BCUT2D eigenvalue weighted by Crippen LogP contribution is -1.85. The highest BCUT2D eigenvalue weighted by Crippen LogP contribution is 2.39. The lowest BCUT2D eigenvalue weighted by Gasteiger charge is -2.06. The number of hydrogen-bond donors (Lipinski definition) is 0. The van der Waals surface area contributed by atoms with E-state index in [1.165, 1.54) is 38.6 Å². The second kappa shape index (κ2) is 3.83. The Bertz CT molecular complexity index is 800. The van der Waals surface area contributed by atoms with Crippen molar-refractivity contribution in [3.63, 3.8) is 0 Å². The highest BCUT2D eigenvalue weighted by Gasteiger charge is 2.16. The van der Waals surface area contributed by atoms with E-state index in [1.807, 2.05) is 0 Å². The van der Waals surface area contributed by atoms with Crippen molar-refractivity contribution >= 4 is 22.4 Å². The summed E-state index contributed by atoms with van der Waals surface area (Å²) >= 11 is 0. The predicted octanol–water partition coefficient (Wildman–Crippen LogP) is 5.05. The molecule has 0 radical (unpaired) electrons. The molecule has 3 aromatic rings. The molecule has 0 heteroatoms. The minimum absolute atomic E-state index is 1.30. The van der Waals surface area contributed by atoms with Crippen LogP contribution in [0.1, 0.15) is 22.3 Å². The maximum atomic E-state index is 2.31. The van der Waals surface area contributed by atoms with Gasteiger partial charge in [-0.05, 0) is 46.0 Å². The van der Waals surface area contributed by atoms with Crippen LogP contribution in [-0.4, -0.2) is 0 Å². The molecule has 0 bridgehead atoms. The Labute approximate surface area is 113 Å². The van der Waals surface area contributed by atoms with Gasteiger partial charge >= 0.3 is 0 Å². The quantitative estimate of drug-likeness (QED) is 0.438. The van der Waals surface area contributed by atoms with Crippen molar-refractivity contribution in [1.29, 1.82) is 0 Å². The van der Waals surface area contributed by atoms with Crippen molar-refractivity contribution in [2.24, 2.45) is 0 Å². The van der Waals surface area contributed by atoms with Gasteiger partial charge in [0.1, 0.15) is 0 Å². The van der Waals surface area contributed by atoms with Crippen LogP contribution in [0, 0.1) is 6.92 Å². The smallest absolute Gasteiger partial charge is 0.00324 e. The number of benzene rings is 3. The van der Waals surface area contributed by atoms with Crippen molar-refractivity contribution in [2.75, 3.05) is 0 Å². The van der Waals surface area contributed by atoms with Crippen LogP contribution >= 0.6 is 0 Å². The summed E-state index contributed by atoms with van der Waals surface area (Å²) < 4.78 is 0. The number of aryl methyl sites for hydroxylation is 1. The lowest BCUT2D eigenvalue weighted by atomic mass is 9.97. The summed E-state index contributed by atoms with van der Waals surface area (Å²) in [4.78, 5) is 0. The van der Waals surface area contributed by atoms with Crippen molar-refractivity contribution in [2.45, 2.75) is 6.92 Å². The van der Waals surface area contributed by atoms with Crippen LogP contribution in [-0.2, 0) is 0 Å². The van der Waals surface area contributed by atoms with Gasteiger partial charge in [0, 0.05) is 0 Å². The zero-order chi connectivity index (χ0) is 12.8. The SMILES string of the molecule is Cc1ccc(C2=Cc3cccc4cccc2c34)cc1. The molecule has 0 amide bonds. The maximum absolute atomic E-state index is 2.31. The van der Waals surface area contributed by atoms with Gasteiger partial charge in [0.25, 0.3) is 0 Å². The third kappa shape index (κ3) is 1.53. The van der Waals surface area contributed by atoms with Gasteiger partial charge in [-0.3, -0.25) is 0 Å². The third-order valence-electron chi connectivity index (χ3n) is 3.89. The molecule has 19 heavy (non-hydrogen) atoms. The molecule has 1 aliphatic rings. The van der Waals surface area contributed by atoms with E-state index in [9.17, 15) is 0 Å². The van der Waals surface area contributed by atoms with Crippen LogP contribution in [0.4, 0.5) is 0 Å². The van der Waals surface area contributed by atoms with E-state index >= 15 is 0 Å². The normalized spacial score (nSPS) is 12.8. The molecular formula is C19H14. The fourth-order valence-electron chi connectivity index (χ4n) is 2.92. The van der Waals surface area contributed by atoms with E-state index in [-0.39, 0.29) is 0 Å². The Morgan fingerprint density at radius 2 is 1.47 bits per heavy atom. The molecule has 0 heterocycles. The second-order valence-electron chi connectivity index (χ2n) is 5.17. The molecule has 0 unspecified atom stereocenters. The van der Waals surface area contributed by atoms with Gasteiger partial charge in [-0.25, -0.2) is 0 Å². The van der Waals surface area contributed by atoms with E-state index in [2.05, 4.69) is 73.7 Å². The Balaban J connectivity index is 1.99. The molecule has 1 aliphatic carbocycles. The second-order valence-corrected chi connectivity index (χ2v) is 5.17. The van der Waals surface area contributed by atoms with Gasteiger partial charge in [0.15, 0.2) is 0 Å². The first kappa shape index (κ1) is 10.6. The average Bonchev–Trinajstić information content (AvgIpc) is 2.82. The zero-order valence-electron chi connectivity index (χ0n) is 10.9. The molecule has 0 saturated carbocycles. The van der Waals surface area contributed by atoms with E-state index in [0.717, 1.165) is 0 Å². The Morgan fingerprint density at radius 1 is 0.737 bits per heavy atom. The van der Waals surface area contributed by atoms with E-state index < -0.39 is 0 Å². The fraction of sp³-hybridized carbons (Fsp3) is 0.0526. The predicted molar refractivity (Wildman–Crippen MR) is 82.1 cm³/mol. The summed E-state index contributed by atoms with van der Waals surface area (Å²) in [6.07, 6.45) is 2.31.